The van der Waals surface area contributed by atoms with Crippen LogP contribution in [0.4, 0.5) is 11.5 Å². The Labute approximate surface area is 330 Å². The Hall–Kier alpha value is -5.52. The van der Waals surface area contributed by atoms with Crippen LogP contribution in [0.15, 0.2) is 54.6 Å². The summed E-state index contributed by atoms with van der Waals surface area (Å²) < 4.78 is 6.35. The quantitative estimate of drug-likeness (QED) is 0.161. The summed E-state index contributed by atoms with van der Waals surface area (Å²) in [6.45, 7) is 11.1. The first-order chi connectivity index (χ1) is 26.7. The van der Waals surface area contributed by atoms with Gasteiger partial charge in [0.15, 0.2) is 0 Å². The number of aromatic nitrogens is 1. The fourth-order valence-corrected chi connectivity index (χ4v) is 9.07. The molecule has 2 saturated heterocycles. The van der Waals surface area contributed by atoms with Gasteiger partial charge in [-0.25, -0.2) is 4.98 Å². The third kappa shape index (κ3) is 7.29. The maximum Gasteiger partial charge on any atom is 0.281 e. The minimum atomic E-state index is -1.02. The zero-order valence-corrected chi connectivity index (χ0v) is 32.5. The summed E-state index contributed by atoms with van der Waals surface area (Å²) in [5, 5.41) is 22.0. The van der Waals surface area contributed by atoms with E-state index in [-0.39, 0.29) is 53.0 Å². The molecule has 0 bridgehead atoms. The lowest BCUT2D eigenvalue weighted by Crippen LogP contribution is -2.74. The Bertz CT molecular complexity index is 2110. The number of rotatable bonds is 11. The summed E-state index contributed by atoms with van der Waals surface area (Å²) >= 11 is 6.23. The standard InChI is InChI=1S/C41H45ClN8O6/c1-40(2)38(41(3,4)39(40)56-27-10-7-24(22-43)29(42)21-27)48-34(52)23-5-8-25(9-6-23)44-17-18-45-26-15-19-49(20-16-26)31-13-11-28-33(46-31)37(55)50(36(28)54)30-12-14-32(51)47-35(30)53/h5-11,13,21,26,30,38-39,44-45H,12,14-20H2,1-4H3,(H,48,52)(H,47,51,53). The third-order valence-electron chi connectivity index (χ3n) is 11.6. The second kappa shape index (κ2) is 15.2. The fraction of sp³-hybridized carbons (Fsp3) is 0.439. The van der Waals surface area contributed by atoms with E-state index in [1.54, 1.807) is 30.3 Å². The van der Waals surface area contributed by atoms with Crippen molar-refractivity contribution in [2.24, 2.45) is 10.8 Å². The van der Waals surface area contributed by atoms with Crippen molar-refractivity contribution in [3.8, 4) is 11.8 Å². The Morgan fingerprint density at radius 1 is 0.964 bits per heavy atom. The molecule has 1 aliphatic carbocycles. The van der Waals surface area contributed by atoms with E-state index in [0.717, 1.165) is 30.0 Å². The maximum absolute atomic E-state index is 13.3. The molecule has 4 aliphatic rings. The van der Waals surface area contributed by atoms with E-state index < -0.39 is 29.7 Å². The predicted molar refractivity (Wildman–Crippen MR) is 208 cm³/mol. The minimum Gasteiger partial charge on any atom is -0.489 e. The highest BCUT2D eigenvalue weighted by atomic mass is 35.5. The van der Waals surface area contributed by atoms with Crippen molar-refractivity contribution in [3.63, 3.8) is 0 Å². The summed E-state index contributed by atoms with van der Waals surface area (Å²) in [7, 11) is 0. The molecule has 1 atom stereocenters. The molecule has 7 rings (SSSR count). The molecule has 0 spiro atoms. The Kier molecular flexibility index (Phi) is 10.5. The van der Waals surface area contributed by atoms with Gasteiger partial charge in [0, 0.05) is 72.8 Å². The molecule has 4 N–H and O–H groups in total. The van der Waals surface area contributed by atoms with E-state index in [1.165, 1.54) is 0 Å². The number of nitriles is 1. The number of fused-ring (bicyclic) bond motifs is 1. The van der Waals surface area contributed by atoms with E-state index in [0.29, 0.717) is 53.4 Å². The zero-order valence-electron chi connectivity index (χ0n) is 31.8. The number of nitrogens with zero attached hydrogens (tertiary/aromatic N) is 4. The molecule has 14 nitrogen and oxygen atoms in total. The summed E-state index contributed by atoms with van der Waals surface area (Å²) in [5.74, 6) is -1.20. The summed E-state index contributed by atoms with van der Waals surface area (Å²) in [6, 6.07) is 17.0. The third-order valence-corrected chi connectivity index (χ3v) is 11.9. The second-order valence-corrected chi connectivity index (χ2v) is 16.4. The lowest BCUT2D eigenvalue weighted by atomic mass is 9.49. The van der Waals surface area contributed by atoms with E-state index in [9.17, 15) is 29.2 Å². The molecule has 5 amide bonds. The number of pyridine rings is 1. The molecular weight excluding hydrogens is 736 g/mol. The van der Waals surface area contributed by atoms with Gasteiger partial charge in [-0.05, 0) is 67.8 Å². The van der Waals surface area contributed by atoms with Crippen molar-refractivity contribution in [2.75, 3.05) is 36.4 Å². The van der Waals surface area contributed by atoms with Crippen molar-refractivity contribution < 1.29 is 28.7 Å². The molecule has 3 aromatic rings. The van der Waals surface area contributed by atoms with Gasteiger partial charge in [-0.15, -0.1) is 0 Å². The number of anilines is 2. The van der Waals surface area contributed by atoms with Gasteiger partial charge in [0.25, 0.3) is 17.7 Å². The van der Waals surface area contributed by atoms with Gasteiger partial charge in [0.05, 0.1) is 16.1 Å². The lowest BCUT2D eigenvalue weighted by molar-refractivity contribution is -0.164. The van der Waals surface area contributed by atoms with Gasteiger partial charge >= 0.3 is 0 Å². The zero-order chi connectivity index (χ0) is 39.9. The van der Waals surface area contributed by atoms with Crippen LogP contribution in [0.5, 0.6) is 5.75 Å². The van der Waals surface area contributed by atoms with Crippen molar-refractivity contribution in [2.45, 2.75) is 77.6 Å². The van der Waals surface area contributed by atoms with Crippen LogP contribution in [-0.2, 0) is 9.59 Å². The molecular formula is C41H45ClN8O6. The summed E-state index contributed by atoms with van der Waals surface area (Å²) in [4.78, 5) is 71.1. The lowest BCUT2D eigenvalue weighted by Gasteiger charge is -2.63. The maximum atomic E-state index is 13.3. The average Bonchev–Trinajstić information content (AvgIpc) is 3.42. The average molecular weight is 781 g/mol. The van der Waals surface area contributed by atoms with Crippen LogP contribution in [-0.4, -0.2) is 89.8 Å². The Morgan fingerprint density at radius 3 is 2.34 bits per heavy atom. The van der Waals surface area contributed by atoms with Crippen LogP contribution < -0.4 is 30.9 Å². The van der Waals surface area contributed by atoms with Gasteiger partial charge in [-0.2, -0.15) is 5.26 Å². The first-order valence-corrected chi connectivity index (χ1v) is 19.3. The molecule has 0 radical (unpaired) electrons. The number of hydrogen-bond donors (Lipinski definition) is 4. The van der Waals surface area contributed by atoms with Crippen LogP contribution in [0, 0.1) is 22.2 Å². The van der Waals surface area contributed by atoms with E-state index in [4.69, 9.17) is 16.3 Å². The normalized spacial score (nSPS) is 22.8. The molecule has 292 valence electrons. The Balaban J connectivity index is 0.841. The molecule has 3 fully saturated rings. The number of amides is 5. The van der Waals surface area contributed by atoms with E-state index in [2.05, 4.69) is 64.9 Å². The predicted octanol–water partition coefficient (Wildman–Crippen LogP) is 4.29. The van der Waals surface area contributed by atoms with Crippen molar-refractivity contribution in [3.05, 3.63) is 82.0 Å². The van der Waals surface area contributed by atoms with Crippen LogP contribution in [0.2, 0.25) is 5.02 Å². The number of carbonyl (C=O) groups excluding carboxylic acids is 5. The number of halogens is 1. The number of piperidine rings is 2. The number of nitrogens with one attached hydrogen (secondary N) is 4. The van der Waals surface area contributed by atoms with Gasteiger partial charge in [0.1, 0.15) is 35.5 Å². The number of imide groups is 2. The van der Waals surface area contributed by atoms with Crippen molar-refractivity contribution in [1.29, 1.82) is 5.26 Å². The number of benzene rings is 2. The highest BCUT2D eigenvalue weighted by molar-refractivity contribution is 6.31. The van der Waals surface area contributed by atoms with Crippen LogP contribution in [0.1, 0.15) is 90.1 Å². The minimum absolute atomic E-state index is 0.0374. The molecule has 1 aromatic heterocycles. The van der Waals surface area contributed by atoms with Crippen LogP contribution >= 0.6 is 11.6 Å². The number of carbonyl (C=O) groups is 5. The summed E-state index contributed by atoms with van der Waals surface area (Å²) in [6.07, 6.45) is 1.70. The van der Waals surface area contributed by atoms with Crippen LogP contribution in [0.3, 0.4) is 0 Å². The topological polar surface area (TPSA) is 186 Å². The van der Waals surface area contributed by atoms with Gasteiger partial charge in [-0.3, -0.25) is 34.2 Å². The smallest absolute Gasteiger partial charge is 0.281 e. The number of ether oxygens (including phenoxy) is 1. The Morgan fingerprint density at radius 2 is 1.68 bits per heavy atom. The molecule has 3 aliphatic heterocycles. The first kappa shape index (κ1) is 38.7. The van der Waals surface area contributed by atoms with E-state index in [1.807, 2.05) is 24.3 Å². The first-order valence-electron chi connectivity index (χ1n) is 18.9. The molecule has 2 aromatic carbocycles. The van der Waals surface area contributed by atoms with Gasteiger partial charge in [-0.1, -0.05) is 39.3 Å². The highest BCUT2D eigenvalue weighted by Crippen LogP contribution is 2.55. The molecule has 15 heteroatoms. The van der Waals surface area contributed by atoms with E-state index >= 15 is 0 Å². The highest BCUT2D eigenvalue weighted by Gasteiger charge is 2.64. The van der Waals surface area contributed by atoms with Gasteiger partial charge in [0.2, 0.25) is 11.8 Å². The monoisotopic (exact) mass is 780 g/mol. The molecule has 1 unspecified atom stereocenters. The molecule has 4 heterocycles. The van der Waals surface area contributed by atoms with Crippen LogP contribution in [0.25, 0.3) is 0 Å². The van der Waals surface area contributed by atoms with Gasteiger partial charge < -0.3 is 25.6 Å². The SMILES string of the molecule is CC1(C)C(NC(=O)c2ccc(NCCNC3CCN(c4ccc5c(n4)C(=O)N(C4CCC(=O)NC4=O)C5=O)CC3)cc2)C(C)(C)C1Oc1ccc(C#N)c(Cl)c1. The molecule has 56 heavy (non-hydrogen) atoms. The van der Waals surface area contributed by atoms with Crippen molar-refractivity contribution >= 4 is 52.6 Å². The second-order valence-electron chi connectivity index (χ2n) is 16.0. The van der Waals surface area contributed by atoms with Crippen molar-refractivity contribution in [1.82, 2.24) is 25.8 Å². The summed E-state index contributed by atoms with van der Waals surface area (Å²) in [5.41, 5.74) is 1.33. The number of hydrogen-bond acceptors (Lipinski definition) is 11. The largest absolute Gasteiger partial charge is 0.489 e. The molecule has 1 saturated carbocycles. The fourth-order valence-electron chi connectivity index (χ4n) is 8.85.